The molecule has 2 N–H and O–H groups in total. The summed E-state index contributed by atoms with van der Waals surface area (Å²) in [6, 6.07) is 21.6. The molecule has 0 spiro atoms. The maximum absolute atomic E-state index is 4.58. The fourth-order valence-electron chi connectivity index (χ4n) is 3.57. The largest absolute Gasteiger partial charge is 0.473 e. The average molecular weight is 318 g/mol. The zero-order valence-corrected chi connectivity index (χ0v) is 13.7. The van der Waals surface area contributed by atoms with E-state index in [1.54, 1.807) is 23.7 Å². The van der Waals surface area contributed by atoms with E-state index in [9.17, 15) is 0 Å². The lowest BCUT2D eigenvalue weighted by Gasteiger charge is -2.18. The molecule has 5 rings (SSSR count). The van der Waals surface area contributed by atoms with Gasteiger partial charge in [-0.1, -0.05) is 48.5 Å². The van der Waals surface area contributed by atoms with Crippen LogP contribution in [0.1, 0.15) is 24.0 Å². The molecule has 122 valence electrons. The van der Waals surface area contributed by atoms with Crippen LogP contribution in [-0.4, -0.2) is 5.48 Å². The van der Waals surface area contributed by atoms with E-state index in [-0.39, 0.29) is 5.48 Å². The maximum atomic E-state index is 4.58. The highest BCUT2D eigenvalue weighted by molar-refractivity contribution is 6.08. The molecule has 2 nitrogen and oxygen atoms in total. The first-order valence-corrected chi connectivity index (χ1v) is 8.33. The standard InChI is InChI=1S/C18H16.C4H4O.H2O/c1-3-7-15-13(5-1)9-11-18-16-8-4-2-6-14(16)10-12-17(15)18;1-2-4-5-3-1;/h1,3,5,7,9-12H,2,4,6,8H2;1-4H;1H2. The van der Waals surface area contributed by atoms with Crippen molar-refractivity contribution in [1.82, 2.24) is 0 Å². The van der Waals surface area contributed by atoms with Crippen molar-refractivity contribution >= 4 is 21.5 Å². The Bertz CT molecular complexity index is 906. The summed E-state index contributed by atoms with van der Waals surface area (Å²) in [5.41, 5.74) is 3.17. The van der Waals surface area contributed by atoms with E-state index in [0.717, 1.165) is 0 Å². The van der Waals surface area contributed by atoms with Crippen molar-refractivity contribution in [1.29, 1.82) is 0 Å². The van der Waals surface area contributed by atoms with Gasteiger partial charge < -0.3 is 9.89 Å². The second-order valence-electron chi connectivity index (χ2n) is 6.09. The van der Waals surface area contributed by atoms with Gasteiger partial charge >= 0.3 is 0 Å². The van der Waals surface area contributed by atoms with Crippen LogP contribution in [0.25, 0.3) is 21.5 Å². The van der Waals surface area contributed by atoms with Gasteiger partial charge in [0.15, 0.2) is 0 Å². The summed E-state index contributed by atoms with van der Waals surface area (Å²) in [5, 5.41) is 5.64. The Labute approximate surface area is 142 Å². The van der Waals surface area contributed by atoms with Crippen molar-refractivity contribution in [2.24, 2.45) is 0 Å². The molecule has 0 fully saturated rings. The van der Waals surface area contributed by atoms with Crippen LogP contribution < -0.4 is 0 Å². The zero-order valence-electron chi connectivity index (χ0n) is 13.7. The number of fused-ring (bicyclic) bond motifs is 5. The Morgan fingerprint density at radius 3 is 2.17 bits per heavy atom. The molecule has 24 heavy (non-hydrogen) atoms. The number of aryl methyl sites for hydroxylation is 2. The van der Waals surface area contributed by atoms with Crippen LogP contribution in [-0.2, 0) is 12.8 Å². The van der Waals surface area contributed by atoms with E-state index >= 15 is 0 Å². The first-order chi connectivity index (χ1) is 11.4. The Morgan fingerprint density at radius 1 is 0.625 bits per heavy atom. The monoisotopic (exact) mass is 318 g/mol. The SMILES string of the molecule is O.c1ccc2c(c1)ccc1c3c(ccc12)CCCC3.c1ccoc1. The van der Waals surface area contributed by atoms with Gasteiger partial charge in [-0.25, -0.2) is 0 Å². The number of benzene rings is 3. The van der Waals surface area contributed by atoms with E-state index < -0.39 is 0 Å². The molecule has 2 heteroatoms. The smallest absolute Gasteiger partial charge is 0.0902 e. The number of hydrogen-bond donors (Lipinski definition) is 0. The van der Waals surface area contributed by atoms with Gasteiger partial charge in [0.05, 0.1) is 12.5 Å². The minimum atomic E-state index is 0. The molecule has 1 aliphatic carbocycles. The fourth-order valence-corrected chi connectivity index (χ4v) is 3.57. The molecule has 0 amide bonds. The second kappa shape index (κ2) is 7.33. The van der Waals surface area contributed by atoms with Crippen molar-refractivity contribution in [3.63, 3.8) is 0 Å². The molecule has 1 aromatic heterocycles. The van der Waals surface area contributed by atoms with E-state index in [1.807, 2.05) is 12.1 Å². The summed E-state index contributed by atoms with van der Waals surface area (Å²) in [4.78, 5) is 0. The van der Waals surface area contributed by atoms with Crippen LogP contribution >= 0.6 is 0 Å². The van der Waals surface area contributed by atoms with Crippen molar-refractivity contribution in [3.8, 4) is 0 Å². The van der Waals surface area contributed by atoms with Gasteiger partial charge in [-0.05, 0) is 70.5 Å². The van der Waals surface area contributed by atoms with Gasteiger partial charge in [0, 0.05) is 0 Å². The third kappa shape index (κ3) is 3.06. The highest BCUT2D eigenvalue weighted by Crippen LogP contribution is 2.33. The molecular formula is C22H22O2. The third-order valence-corrected chi connectivity index (χ3v) is 4.68. The van der Waals surface area contributed by atoms with Crippen LogP contribution in [0.5, 0.6) is 0 Å². The summed E-state index contributed by atoms with van der Waals surface area (Å²) < 4.78 is 4.58. The van der Waals surface area contributed by atoms with Crippen molar-refractivity contribution in [3.05, 3.63) is 84.3 Å². The predicted octanol–water partition coefficient (Wildman–Crippen LogP) is 5.33. The molecule has 0 saturated heterocycles. The number of furan rings is 1. The third-order valence-electron chi connectivity index (χ3n) is 4.68. The van der Waals surface area contributed by atoms with E-state index in [2.05, 4.69) is 52.9 Å². The molecule has 0 saturated carbocycles. The Morgan fingerprint density at radius 2 is 1.38 bits per heavy atom. The first kappa shape index (κ1) is 16.3. The van der Waals surface area contributed by atoms with Crippen LogP contribution in [0.2, 0.25) is 0 Å². The van der Waals surface area contributed by atoms with E-state index in [1.165, 1.54) is 47.2 Å². The Balaban J connectivity index is 0.000000245. The highest BCUT2D eigenvalue weighted by atomic mass is 16.3. The van der Waals surface area contributed by atoms with Crippen LogP contribution in [0.3, 0.4) is 0 Å². The van der Waals surface area contributed by atoms with Gasteiger partial charge in [0.2, 0.25) is 0 Å². The summed E-state index contributed by atoms with van der Waals surface area (Å²) in [6.07, 6.45) is 8.47. The minimum absolute atomic E-state index is 0. The summed E-state index contributed by atoms with van der Waals surface area (Å²) in [7, 11) is 0. The molecular weight excluding hydrogens is 296 g/mol. The average Bonchev–Trinajstić information content (AvgIpc) is 3.21. The van der Waals surface area contributed by atoms with Crippen molar-refractivity contribution in [2.75, 3.05) is 0 Å². The summed E-state index contributed by atoms with van der Waals surface area (Å²) in [5.74, 6) is 0. The second-order valence-corrected chi connectivity index (χ2v) is 6.09. The van der Waals surface area contributed by atoms with Crippen molar-refractivity contribution < 1.29 is 9.89 Å². The molecule has 0 atom stereocenters. The topological polar surface area (TPSA) is 44.6 Å². The normalized spacial score (nSPS) is 12.8. The van der Waals surface area contributed by atoms with Crippen LogP contribution in [0.15, 0.2) is 77.6 Å². The lowest BCUT2D eigenvalue weighted by atomic mass is 9.86. The lowest BCUT2D eigenvalue weighted by Crippen LogP contribution is -2.02. The van der Waals surface area contributed by atoms with Crippen LogP contribution in [0.4, 0.5) is 0 Å². The number of rotatable bonds is 0. The fraction of sp³-hybridized carbons (Fsp3) is 0.182. The van der Waals surface area contributed by atoms with Crippen LogP contribution in [0, 0.1) is 0 Å². The summed E-state index contributed by atoms with van der Waals surface area (Å²) >= 11 is 0. The molecule has 0 radical (unpaired) electrons. The van der Waals surface area contributed by atoms with E-state index in [4.69, 9.17) is 0 Å². The van der Waals surface area contributed by atoms with Gasteiger partial charge in [-0.3, -0.25) is 0 Å². The molecule has 1 aliphatic rings. The van der Waals surface area contributed by atoms with Gasteiger partial charge in [-0.15, -0.1) is 0 Å². The zero-order chi connectivity index (χ0) is 15.5. The molecule has 0 bridgehead atoms. The molecule has 0 unspecified atom stereocenters. The van der Waals surface area contributed by atoms with E-state index in [0.29, 0.717) is 0 Å². The summed E-state index contributed by atoms with van der Waals surface area (Å²) in [6.45, 7) is 0. The Hall–Kier alpha value is -2.58. The molecule has 3 aromatic carbocycles. The molecule has 1 heterocycles. The predicted molar refractivity (Wildman–Crippen MR) is 100 cm³/mol. The van der Waals surface area contributed by atoms with Crippen molar-refractivity contribution in [2.45, 2.75) is 25.7 Å². The maximum Gasteiger partial charge on any atom is 0.0902 e. The molecule has 4 aromatic rings. The van der Waals surface area contributed by atoms with Gasteiger partial charge in [0.25, 0.3) is 0 Å². The minimum Gasteiger partial charge on any atom is -0.473 e. The van der Waals surface area contributed by atoms with Gasteiger partial charge in [0.1, 0.15) is 0 Å². The quantitative estimate of drug-likeness (QED) is 0.404. The first-order valence-electron chi connectivity index (χ1n) is 8.33. The molecule has 0 aliphatic heterocycles. The lowest BCUT2D eigenvalue weighted by molar-refractivity contribution is 0.567. The Kier molecular flexibility index (Phi) is 4.97. The highest BCUT2D eigenvalue weighted by Gasteiger charge is 2.13. The van der Waals surface area contributed by atoms with Gasteiger partial charge in [-0.2, -0.15) is 0 Å². The number of hydrogen-bond acceptors (Lipinski definition) is 1.